The van der Waals surface area contributed by atoms with Gasteiger partial charge < -0.3 is 10.3 Å². The number of carbonyl (C=O) groups is 1. The second kappa shape index (κ2) is 3.91. The van der Waals surface area contributed by atoms with Crippen LogP contribution in [0.5, 0.6) is 0 Å². The first-order valence-electron chi connectivity index (χ1n) is 4.42. The molecule has 0 radical (unpaired) electrons. The Labute approximate surface area is 85.9 Å². The number of nitrogens with two attached hydrogens (primary N) is 1. The Morgan fingerprint density at radius 2 is 2.07 bits per heavy atom. The lowest BCUT2D eigenvalue weighted by atomic mass is 10.1. The molecule has 2 aromatic rings. The fraction of sp³-hybridized carbons (Fsp3) is 0.100. The summed E-state index contributed by atoms with van der Waals surface area (Å²) < 4.78 is 4.66. The summed E-state index contributed by atoms with van der Waals surface area (Å²) in [6.07, 6.45) is 0.525. The normalized spacial score (nSPS) is 10.1. The Morgan fingerprint density at radius 1 is 1.33 bits per heavy atom. The fourth-order valence-electron chi connectivity index (χ4n) is 1.20. The molecule has 0 atom stereocenters. The van der Waals surface area contributed by atoms with E-state index in [1.54, 1.807) is 0 Å². The summed E-state index contributed by atoms with van der Waals surface area (Å²) in [5, 5.41) is 3.65. The highest BCUT2D eigenvalue weighted by molar-refractivity contribution is 5.87. The van der Waals surface area contributed by atoms with Crippen LogP contribution >= 0.6 is 0 Å². The van der Waals surface area contributed by atoms with Crippen molar-refractivity contribution in [3.8, 4) is 0 Å². The molecule has 76 valence electrons. The lowest BCUT2D eigenvalue weighted by Crippen LogP contribution is -2.11. The molecular weight excluding hydrogens is 194 g/mol. The first kappa shape index (κ1) is 9.39. The lowest BCUT2D eigenvalue weighted by molar-refractivity contribution is 0.0958. The van der Waals surface area contributed by atoms with Crippen LogP contribution in [0.3, 0.4) is 0 Å². The van der Waals surface area contributed by atoms with Crippen LogP contribution in [0.4, 0.5) is 0 Å². The minimum absolute atomic E-state index is 0.152. The van der Waals surface area contributed by atoms with Gasteiger partial charge in [-0.1, -0.05) is 35.5 Å². The predicted molar refractivity (Wildman–Crippen MR) is 52.1 cm³/mol. The molecule has 0 saturated carbocycles. The van der Waals surface area contributed by atoms with Crippen molar-refractivity contribution in [3.05, 3.63) is 47.6 Å². The van der Waals surface area contributed by atoms with Crippen molar-refractivity contribution in [1.29, 1.82) is 0 Å². The summed E-state index contributed by atoms with van der Waals surface area (Å²) in [7, 11) is 0. The number of hydrogen-bond donors (Lipinski definition) is 1. The highest BCUT2D eigenvalue weighted by atomic mass is 16.5. The zero-order chi connectivity index (χ0) is 10.7. The van der Waals surface area contributed by atoms with Crippen molar-refractivity contribution in [1.82, 2.24) is 10.1 Å². The van der Waals surface area contributed by atoms with Crippen LogP contribution < -0.4 is 5.73 Å². The first-order chi connectivity index (χ1) is 7.25. The Kier molecular flexibility index (Phi) is 2.45. The lowest BCUT2D eigenvalue weighted by Gasteiger charge is -1.93. The molecule has 0 spiro atoms. The van der Waals surface area contributed by atoms with E-state index in [2.05, 4.69) is 14.7 Å². The van der Waals surface area contributed by atoms with Crippen molar-refractivity contribution in [2.24, 2.45) is 5.73 Å². The number of carbonyl (C=O) groups excluding carboxylic acids is 1. The van der Waals surface area contributed by atoms with Crippen molar-refractivity contribution in [2.45, 2.75) is 6.42 Å². The van der Waals surface area contributed by atoms with Gasteiger partial charge in [-0.05, 0) is 5.56 Å². The summed E-state index contributed by atoms with van der Waals surface area (Å²) in [5.41, 5.74) is 6.04. The maximum atomic E-state index is 10.7. The van der Waals surface area contributed by atoms with E-state index < -0.39 is 5.91 Å². The maximum absolute atomic E-state index is 10.7. The summed E-state index contributed by atoms with van der Waals surface area (Å²) >= 11 is 0. The van der Waals surface area contributed by atoms with Gasteiger partial charge in [0.05, 0.1) is 0 Å². The molecule has 1 aromatic carbocycles. The van der Waals surface area contributed by atoms with Gasteiger partial charge in [0.1, 0.15) is 0 Å². The number of hydrogen-bond acceptors (Lipinski definition) is 4. The van der Waals surface area contributed by atoms with E-state index in [1.165, 1.54) is 0 Å². The highest BCUT2D eigenvalue weighted by Crippen LogP contribution is 2.05. The smallest absolute Gasteiger partial charge is 0.315 e. The van der Waals surface area contributed by atoms with E-state index in [0.717, 1.165) is 5.56 Å². The molecule has 0 aliphatic heterocycles. The summed E-state index contributed by atoms with van der Waals surface area (Å²) in [6, 6.07) is 9.66. The van der Waals surface area contributed by atoms with Crippen LogP contribution in [0.25, 0.3) is 0 Å². The average Bonchev–Trinajstić information content (AvgIpc) is 2.68. The molecule has 0 saturated heterocycles. The molecule has 15 heavy (non-hydrogen) atoms. The topological polar surface area (TPSA) is 82.0 Å². The van der Waals surface area contributed by atoms with Gasteiger partial charge in [-0.15, -0.1) is 0 Å². The minimum atomic E-state index is -0.707. The number of primary amides is 1. The van der Waals surface area contributed by atoms with Crippen molar-refractivity contribution in [3.63, 3.8) is 0 Å². The molecule has 1 aromatic heterocycles. The second-order valence-electron chi connectivity index (χ2n) is 3.04. The third kappa shape index (κ3) is 2.19. The van der Waals surface area contributed by atoms with Crippen LogP contribution in [0, 0.1) is 0 Å². The molecular formula is C10H9N3O2. The quantitative estimate of drug-likeness (QED) is 0.798. The third-order valence-electron chi connectivity index (χ3n) is 1.88. The molecule has 0 aliphatic rings. The van der Waals surface area contributed by atoms with Gasteiger partial charge >= 0.3 is 11.8 Å². The third-order valence-corrected chi connectivity index (χ3v) is 1.88. The van der Waals surface area contributed by atoms with E-state index in [9.17, 15) is 4.79 Å². The number of amides is 1. The van der Waals surface area contributed by atoms with Gasteiger partial charge in [-0.3, -0.25) is 4.79 Å². The molecule has 2 N–H and O–H groups in total. The Balaban J connectivity index is 2.15. The maximum Gasteiger partial charge on any atom is 0.315 e. The SMILES string of the molecule is NC(=O)c1nc(Cc2ccccc2)no1. The van der Waals surface area contributed by atoms with E-state index in [4.69, 9.17) is 5.73 Å². The van der Waals surface area contributed by atoms with Gasteiger partial charge in [0.25, 0.3) is 0 Å². The summed E-state index contributed by atoms with van der Waals surface area (Å²) in [6.45, 7) is 0. The Hall–Kier alpha value is -2.17. The number of rotatable bonds is 3. The van der Waals surface area contributed by atoms with E-state index >= 15 is 0 Å². The molecule has 0 fully saturated rings. The second-order valence-corrected chi connectivity index (χ2v) is 3.04. The van der Waals surface area contributed by atoms with Gasteiger partial charge in [-0.25, -0.2) is 0 Å². The Bertz CT molecular complexity index is 465. The molecule has 0 unspecified atom stereocenters. The van der Waals surface area contributed by atoms with Crippen molar-refractivity contribution < 1.29 is 9.32 Å². The molecule has 1 amide bonds. The zero-order valence-electron chi connectivity index (χ0n) is 7.88. The molecule has 0 bridgehead atoms. The zero-order valence-corrected chi connectivity index (χ0v) is 7.88. The first-order valence-corrected chi connectivity index (χ1v) is 4.42. The molecule has 1 heterocycles. The average molecular weight is 203 g/mol. The molecule has 5 nitrogen and oxygen atoms in total. The number of aromatic nitrogens is 2. The minimum Gasteiger partial charge on any atom is -0.361 e. The van der Waals surface area contributed by atoms with Gasteiger partial charge in [-0.2, -0.15) is 4.98 Å². The van der Waals surface area contributed by atoms with Crippen molar-refractivity contribution >= 4 is 5.91 Å². The molecule has 0 aliphatic carbocycles. The van der Waals surface area contributed by atoms with Gasteiger partial charge in [0.2, 0.25) is 0 Å². The Morgan fingerprint density at radius 3 is 2.67 bits per heavy atom. The van der Waals surface area contributed by atoms with E-state index in [0.29, 0.717) is 12.2 Å². The molecule has 2 rings (SSSR count). The standard InChI is InChI=1S/C10H9N3O2/c11-9(14)10-12-8(13-15-10)6-7-4-2-1-3-5-7/h1-5H,6H2,(H2,11,14). The van der Waals surface area contributed by atoms with Crippen molar-refractivity contribution in [2.75, 3.05) is 0 Å². The van der Waals surface area contributed by atoms with Crippen LogP contribution in [0.2, 0.25) is 0 Å². The highest BCUT2D eigenvalue weighted by Gasteiger charge is 2.11. The van der Waals surface area contributed by atoms with Crippen LogP contribution in [0.15, 0.2) is 34.9 Å². The number of nitrogens with zero attached hydrogens (tertiary/aromatic N) is 2. The molecule has 5 heteroatoms. The monoisotopic (exact) mass is 203 g/mol. The predicted octanol–water partition coefficient (Wildman–Crippen LogP) is 0.759. The number of benzene rings is 1. The summed E-state index contributed by atoms with van der Waals surface area (Å²) in [4.78, 5) is 14.5. The van der Waals surface area contributed by atoms with Crippen LogP contribution in [0.1, 0.15) is 22.1 Å². The summed E-state index contributed by atoms with van der Waals surface area (Å²) in [5.74, 6) is -0.405. The fourth-order valence-corrected chi connectivity index (χ4v) is 1.20. The van der Waals surface area contributed by atoms with Crippen LogP contribution in [-0.2, 0) is 6.42 Å². The van der Waals surface area contributed by atoms with Gasteiger partial charge in [0.15, 0.2) is 5.82 Å². The van der Waals surface area contributed by atoms with Gasteiger partial charge in [0, 0.05) is 6.42 Å². The van der Waals surface area contributed by atoms with E-state index in [-0.39, 0.29) is 5.89 Å². The van der Waals surface area contributed by atoms with Crippen LogP contribution in [-0.4, -0.2) is 16.0 Å². The van der Waals surface area contributed by atoms with E-state index in [1.807, 2.05) is 30.3 Å². The largest absolute Gasteiger partial charge is 0.361 e.